The first-order valence-corrected chi connectivity index (χ1v) is 6.14. The van der Waals surface area contributed by atoms with Crippen LogP contribution in [0.4, 0.5) is 0 Å². The predicted molar refractivity (Wildman–Crippen MR) is 61.4 cm³/mol. The molecule has 0 aliphatic heterocycles. The van der Waals surface area contributed by atoms with Gasteiger partial charge in [0.15, 0.2) is 0 Å². The lowest BCUT2D eigenvalue weighted by Gasteiger charge is -2.17. The van der Waals surface area contributed by atoms with Gasteiger partial charge in [-0.3, -0.25) is 4.21 Å². The summed E-state index contributed by atoms with van der Waals surface area (Å²) in [6.45, 7) is 6.61. The van der Waals surface area contributed by atoms with Gasteiger partial charge < -0.3 is 4.55 Å². The number of hydrogen-bond acceptors (Lipinski definition) is 2. The maximum atomic E-state index is 10.6. The minimum atomic E-state index is -2.11. The molecule has 3 heteroatoms. The van der Waals surface area contributed by atoms with E-state index in [9.17, 15) is 8.76 Å². The summed E-state index contributed by atoms with van der Waals surface area (Å²) in [5.74, 6) is 0. The molecule has 0 radical (unpaired) electrons. The van der Waals surface area contributed by atoms with Crippen LogP contribution in [0.3, 0.4) is 0 Å². The molecule has 0 heterocycles. The van der Waals surface area contributed by atoms with Crippen molar-refractivity contribution in [3.05, 3.63) is 29.8 Å². The molecule has 15 heavy (non-hydrogen) atoms. The molecule has 0 N–H and O–H groups in total. The maximum Gasteiger partial charge on any atom is 0.0248 e. The van der Waals surface area contributed by atoms with Gasteiger partial charge in [-0.25, -0.2) is 0 Å². The fourth-order valence-corrected chi connectivity index (χ4v) is 1.64. The van der Waals surface area contributed by atoms with Gasteiger partial charge in [-0.1, -0.05) is 32.9 Å². The van der Waals surface area contributed by atoms with Crippen molar-refractivity contribution in [2.75, 3.05) is 0 Å². The van der Waals surface area contributed by atoms with Gasteiger partial charge in [0.1, 0.15) is 0 Å². The van der Waals surface area contributed by atoms with Crippen molar-refractivity contribution in [1.29, 1.82) is 0 Å². The molecular formula is C12H17O2S-. The molecule has 0 aliphatic carbocycles. The van der Waals surface area contributed by atoms with E-state index in [0.29, 0.717) is 10.3 Å². The lowest BCUT2D eigenvalue weighted by atomic mass is 9.89. The normalized spacial score (nSPS) is 13.9. The second-order valence-electron chi connectivity index (χ2n) is 4.94. The van der Waals surface area contributed by atoms with Gasteiger partial charge in [0, 0.05) is 4.90 Å². The van der Waals surface area contributed by atoms with Crippen molar-refractivity contribution < 1.29 is 8.76 Å². The van der Waals surface area contributed by atoms with E-state index in [-0.39, 0.29) is 0 Å². The third kappa shape index (κ3) is 4.58. The highest BCUT2D eigenvalue weighted by Gasteiger charge is 2.09. The Kier molecular flexibility index (Phi) is 4.05. The average Bonchev–Trinajstić information content (AvgIpc) is 2.14. The van der Waals surface area contributed by atoms with Crippen molar-refractivity contribution in [2.24, 2.45) is 5.41 Å². The van der Waals surface area contributed by atoms with E-state index >= 15 is 0 Å². The highest BCUT2D eigenvalue weighted by Crippen LogP contribution is 2.21. The Morgan fingerprint density at radius 3 is 2.13 bits per heavy atom. The van der Waals surface area contributed by atoms with Crippen molar-refractivity contribution >= 4 is 11.1 Å². The van der Waals surface area contributed by atoms with Crippen LogP contribution in [0.25, 0.3) is 0 Å². The monoisotopic (exact) mass is 225 g/mol. The Morgan fingerprint density at radius 2 is 1.73 bits per heavy atom. The second kappa shape index (κ2) is 4.90. The molecule has 0 aromatic heterocycles. The fraction of sp³-hybridized carbons (Fsp3) is 0.500. The standard InChI is InChI=1S/C12H18O2S/c1-12(2,3)9-8-10-4-6-11(7-5-10)15(13)14/h4-7H,8-9H2,1-3H3,(H,13,14)/p-1. The average molecular weight is 225 g/mol. The van der Waals surface area contributed by atoms with Crippen LogP contribution in [-0.4, -0.2) is 8.76 Å². The van der Waals surface area contributed by atoms with Crippen LogP contribution in [0.2, 0.25) is 0 Å². The van der Waals surface area contributed by atoms with Gasteiger partial charge in [0.05, 0.1) is 0 Å². The van der Waals surface area contributed by atoms with Crippen LogP contribution in [0.5, 0.6) is 0 Å². The summed E-state index contributed by atoms with van der Waals surface area (Å²) >= 11 is -2.11. The van der Waals surface area contributed by atoms with E-state index in [0.717, 1.165) is 12.8 Å². The third-order valence-electron chi connectivity index (χ3n) is 2.28. The molecule has 0 saturated heterocycles. The molecule has 1 rings (SSSR count). The largest absolute Gasteiger partial charge is 0.768 e. The van der Waals surface area contributed by atoms with Gasteiger partial charge in [-0.05, 0) is 47.0 Å². The number of benzene rings is 1. The molecule has 2 nitrogen and oxygen atoms in total. The zero-order valence-corrected chi connectivity index (χ0v) is 10.3. The summed E-state index contributed by atoms with van der Waals surface area (Å²) in [5.41, 5.74) is 1.51. The zero-order valence-electron chi connectivity index (χ0n) is 9.45. The molecule has 0 spiro atoms. The van der Waals surface area contributed by atoms with Crippen LogP contribution in [0.1, 0.15) is 32.8 Å². The SMILES string of the molecule is CC(C)(C)CCc1ccc(S(=O)[O-])cc1. The molecule has 1 aromatic rings. The second-order valence-corrected chi connectivity index (χ2v) is 5.88. The molecule has 0 amide bonds. The summed E-state index contributed by atoms with van der Waals surface area (Å²) in [6.07, 6.45) is 2.10. The minimum absolute atomic E-state index is 0.319. The third-order valence-corrected chi connectivity index (χ3v) is 2.94. The molecule has 0 aliphatic rings. The van der Waals surface area contributed by atoms with Crippen LogP contribution in [0.15, 0.2) is 29.2 Å². The minimum Gasteiger partial charge on any atom is -0.768 e. The fourth-order valence-electron chi connectivity index (χ4n) is 1.29. The molecule has 0 bridgehead atoms. The summed E-state index contributed by atoms with van der Waals surface area (Å²) < 4.78 is 21.3. The smallest absolute Gasteiger partial charge is 0.0248 e. The lowest BCUT2D eigenvalue weighted by molar-refractivity contribution is 0.378. The molecule has 0 fully saturated rings. The van der Waals surface area contributed by atoms with Crippen LogP contribution < -0.4 is 0 Å². The number of hydrogen-bond donors (Lipinski definition) is 0. The van der Waals surface area contributed by atoms with Crippen LogP contribution in [-0.2, 0) is 17.5 Å². The zero-order chi connectivity index (χ0) is 11.5. The van der Waals surface area contributed by atoms with Gasteiger partial charge in [0.2, 0.25) is 0 Å². The Morgan fingerprint density at radius 1 is 1.20 bits per heavy atom. The summed E-state index contributed by atoms with van der Waals surface area (Å²) in [5, 5.41) is 0. The van der Waals surface area contributed by atoms with Crippen molar-refractivity contribution in [3.63, 3.8) is 0 Å². The van der Waals surface area contributed by atoms with Gasteiger partial charge >= 0.3 is 0 Å². The maximum absolute atomic E-state index is 10.6. The van der Waals surface area contributed by atoms with E-state index in [1.165, 1.54) is 5.56 Å². The summed E-state index contributed by atoms with van der Waals surface area (Å²) in [7, 11) is 0. The van der Waals surface area contributed by atoms with Crippen molar-refractivity contribution in [3.8, 4) is 0 Å². The van der Waals surface area contributed by atoms with E-state index < -0.39 is 11.1 Å². The first-order chi connectivity index (χ1) is 6.88. The quantitative estimate of drug-likeness (QED) is 0.742. The van der Waals surface area contributed by atoms with Crippen LogP contribution >= 0.6 is 0 Å². The summed E-state index contributed by atoms with van der Waals surface area (Å²) in [4.78, 5) is 0.356. The Hall–Kier alpha value is -0.670. The molecular weight excluding hydrogens is 208 g/mol. The molecule has 84 valence electrons. The Balaban J connectivity index is 2.61. The van der Waals surface area contributed by atoms with Gasteiger partial charge in [0.25, 0.3) is 0 Å². The number of rotatable bonds is 3. The van der Waals surface area contributed by atoms with E-state index in [2.05, 4.69) is 20.8 Å². The van der Waals surface area contributed by atoms with E-state index in [4.69, 9.17) is 0 Å². The first-order valence-electron chi connectivity index (χ1n) is 5.07. The Labute approximate surface area is 94.0 Å². The highest BCUT2D eigenvalue weighted by atomic mass is 32.2. The van der Waals surface area contributed by atoms with E-state index in [1.807, 2.05) is 12.1 Å². The van der Waals surface area contributed by atoms with Crippen molar-refractivity contribution in [1.82, 2.24) is 0 Å². The predicted octanol–water partition coefficient (Wildman–Crippen LogP) is 2.90. The topological polar surface area (TPSA) is 40.1 Å². The molecule has 1 unspecified atom stereocenters. The lowest BCUT2D eigenvalue weighted by Crippen LogP contribution is -2.06. The highest BCUT2D eigenvalue weighted by molar-refractivity contribution is 7.79. The molecule has 1 atom stereocenters. The van der Waals surface area contributed by atoms with Gasteiger partial charge in [-0.2, -0.15) is 0 Å². The summed E-state index contributed by atoms with van der Waals surface area (Å²) in [6, 6.07) is 7.08. The molecule has 1 aromatic carbocycles. The van der Waals surface area contributed by atoms with E-state index in [1.54, 1.807) is 12.1 Å². The van der Waals surface area contributed by atoms with Gasteiger partial charge in [-0.15, -0.1) is 0 Å². The van der Waals surface area contributed by atoms with Crippen LogP contribution in [0, 0.1) is 5.41 Å². The number of aryl methyl sites for hydroxylation is 1. The van der Waals surface area contributed by atoms with Crippen molar-refractivity contribution in [2.45, 2.75) is 38.5 Å². The molecule has 0 saturated carbocycles. The Bertz CT molecular complexity index is 336. The first kappa shape index (κ1) is 12.4.